The molecule has 29 heavy (non-hydrogen) atoms. The largest absolute Gasteiger partial charge is 0.452 e. The average molecular weight is 474 g/mol. The Labute approximate surface area is 179 Å². The van der Waals surface area contributed by atoms with Gasteiger partial charge in [0, 0.05) is 10.6 Å². The van der Waals surface area contributed by atoms with Gasteiger partial charge in [-0.15, -0.1) is 0 Å². The van der Waals surface area contributed by atoms with Gasteiger partial charge in [0.15, 0.2) is 10.4 Å². The van der Waals surface area contributed by atoms with Gasteiger partial charge in [0.1, 0.15) is 5.58 Å². The number of carbonyl (C=O) groups is 1. The lowest BCUT2D eigenvalue weighted by molar-refractivity contribution is 0.0696. The summed E-state index contributed by atoms with van der Waals surface area (Å²) in [6.45, 7) is 1.99. The zero-order chi connectivity index (χ0) is 20.5. The Kier molecular flexibility index (Phi) is 5.30. The summed E-state index contributed by atoms with van der Waals surface area (Å²) >= 11 is 9.11. The van der Waals surface area contributed by atoms with E-state index in [4.69, 9.17) is 25.2 Å². The molecule has 2 heterocycles. The molecule has 4 aromatic rings. The highest BCUT2D eigenvalue weighted by atomic mass is 79.9. The van der Waals surface area contributed by atoms with Crippen molar-refractivity contribution >= 4 is 44.5 Å². The molecule has 0 radical (unpaired) electrons. The standard InChI is InChI=1S/C22H14BrClO5/c1-2-12-3-8-16-15(11-12)19(25)21(29-22(26)17-9-10-18(23)27-17)20(28-16)13-4-6-14(24)7-5-13/h3-11H,2H2,1H3. The highest BCUT2D eigenvalue weighted by Gasteiger charge is 2.23. The van der Waals surface area contributed by atoms with Crippen LogP contribution < -0.4 is 10.2 Å². The molecule has 0 aliphatic heterocycles. The van der Waals surface area contributed by atoms with Gasteiger partial charge in [-0.1, -0.05) is 24.6 Å². The molecule has 0 aliphatic carbocycles. The van der Waals surface area contributed by atoms with Crippen molar-refractivity contribution < 1.29 is 18.4 Å². The first-order chi connectivity index (χ1) is 14.0. The van der Waals surface area contributed by atoms with Gasteiger partial charge in [-0.2, -0.15) is 0 Å². The SMILES string of the molecule is CCc1ccc2oc(-c3ccc(Cl)cc3)c(OC(=O)c3ccc(Br)o3)c(=O)c2c1. The van der Waals surface area contributed by atoms with Crippen molar-refractivity contribution in [1.82, 2.24) is 0 Å². The summed E-state index contributed by atoms with van der Waals surface area (Å²) in [6.07, 6.45) is 0.754. The average Bonchev–Trinajstić information content (AvgIpc) is 3.17. The van der Waals surface area contributed by atoms with Crippen LogP contribution in [0.15, 0.2) is 72.9 Å². The molecule has 0 spiro atoms. The van der Waals surface area contributed by atoms with E-state index in [2.05, 4.69) is 15.9 Å². The zero-order valence-corrected chi connectivity index (χ0v) is 17.5. The van der Waals surface area contributed by atoms with E-state index in [-0.39, 0.29) is 17.3 Å². The topological polar surface area (TPSA) is 69.7 Å². The predicted octanol–water partition coefficient (Wildman–Crippen LogP) is 6.25. The van der Waals surface area contributed by atoms with Gasteiger partial charge in [0.05, 0.1) is 5.39 Å². The molecule has 0 N–H and O–H groups in total. The minimum Gasteiger partial charge on any atom is -0.452 e. The molecule has 7 heteroatoms. The Balaban J connectivity index is 1.91. The maximum absolute atomic E-state index is 13.2. The number of hydrogen-bond donors (Lipinski definition) is 0. The van der Waals surface area contributed by atoms with Gasteiger partial charge in [-0.25, -0.2) is 4.79 Å². The van der Waals surface area contributed by atoms with Crippen LogP contribution in [0.25, 0.3) is 22.3 Å². The number of aryl methyl sites for hydroxylation is 1. The Bertz CT molecular complexity index is 1270. The summed E-state index contributed by atoms with van der Waals surface area (Å²) in [5.41, 5.74) is 1.48. The van der Waals surface area contributed by atoms with Gasteiger partial charge >= 0.3 is 5.97 Å². The molecule has 2 aromatic heterocycles. The summed E-state index contributed by atoms with van der Waals surface area (Å²) in [5, 5.41) is 0.869. The van der Waals surface area contributed by atoms with Gasteiger partial charge in [0.25, 0.3) is 0 Å². The van der Waals surface area contributed by atoms with Crippen LogP contribution in [0, 0.1) is 0 Å². The van der Waals surface area contributed by atoms with Crippen molar-refractivity contribution in [3.05, 3.63) is 85.8 Å². The lowest BCUT2D eigenvalue weighted by Gasteiger charge is -2.10. The molecular weight excluding hydrogens is 460 g/mol. The molecule has 4 rings (SSSR count). The maximum Gasteiger partial charge on any atom is 0.379 e. The quantitative estimate of drug-likeness (QED) is 0.328. The van der Waals surface area contributed by atoms with Crippen LogP contribution in [0.1, 0.15) is 23.0 Å². The van der Waals surface area contributed by atoms with Crippen LogP contribution in [-0.2, 0) is 6.42 Å². The minimum atomic E-state index is -0.802. The molecule has 0 saturated heterocycles. The molecule has 146 valence electrons. The fraction of sp³-hybridized carbons (Fsp3) is 0.0909. The number of fused-ring (bicyclic) bond motifs is 1. The lowest BCUT2D eigenvalue weighted by Crippen LogP contribution is -2.16. The number of esters is 1. The highest BCUT2D eigenvalue weighted by molar-refractivity contribution is 9.10. The third-order valence-corrected chi connectivity index (χ3v) is 5.08. The lowest BCUT2D eigenvalue weighted by atomic mass is 10.1. The van der Waals surface area contributed by atoms with Crippen molar-refractivity contribution in [3.63, 3.8) is 0 Å². The second-order valence-electron chi connectivity index (χ2n) is 6.27. The number of benzene rings is 2. The van der Waals surface area contributed by atoms with Gasteiger partial charge in [-0.05, 0) is 76.4 Å². The molecule has 0 unspecified atom stereocenters. The van der Waals surface area contributed by atoms with Crippen molar-refractivity contribution in [3.8, 4) is 17.1 Å². The smallest absolute Gasteiger partial charge is 0.379 e. The van der Waals surface area contributed by atoms with E-state index in [1.54, 1.807) is 42.5 Å². The zero-order valence-electron chi connectivity index (χ0n) is 15.2. The number of rotatable bonds is 4. The van der Waals surface area contributed by atoms with Crippen LogP contribution in [0.4, 0.5) is 0 Å². The summed E-state index contributed by atoms with van der Waals surface area (Å²) in [6, 6.07) is 15.1. The van der Waals surface area contributed by atoms with Crippen molar-refractivity contribution in [2.45, 2.75) is 13.3 Å². The molecule has 0 bridgehead atoms. The molecule has 0 aliphatic rings. The van der Waals surface area contributed by atoms with E-state index in [9.17, 15) is 9.59 Å². The van der Waals surface area contributed by atoms with Gasteiger partial charge < -0.3 is 13.6 Å². The molecule has 0 amide bonds. The molecular formula is C22H14BrClO5. The molecule has 0 atom stereocenters. The second-order valence-corrected chi connectivity index (χ2v) is 7.49. The van der Waals surface area contributed by atoms with E-state index < -0.39 is 11.4 Å². The summed E-state index contributed by atoms with van der Waals surface area (Å²) in [5.74, 6) is -0.905. The van der Waals surface area contributed by atoms with Crippen LogP contribution in [0.3, 0.4) is 0 Å². The van der Waals surface area contributed by atoms with Gasteiger partial charge in [0.2, 0.25) is 16.9 Å². The van der Waals surface area contributed by atoms with Crippen molar-refractivity contribution in [2.24, 2.45) is 0 Å². The predicted molar refractivity (Wildman–Crippen MR) is 114 cm³/mol. The maximum atomic E-state index is 13.2. The summed E-state index contributed by atoms with van der Waals surface area (Å²) in [7, 11) is 0. The highest BCUT2D eigenvalue weighted by Crippen LogP contribution is 2.32. The number of furan rings is 1. The molecule has 0 saturated carbocycles. The van der Waals surface area contributed by atoms with Crippen LogP contribution in [0.5, 0.6) is 5.75 Å². The number of halogens is 2. The molecule has 2 aromatic carbocycles. The molecule has 0 fully saturated rings. The first kappa shape index (κ1) is 19.5. The van der Waals surface area contributed by atoms with E-state index in [0.717, 1.165) is 12.0 Å². The molecule has 5 nitrogen and oxygen atoms in total. The first-order valence-electron chi connectivity index (χ1n) is 8.79. The fourth-order valence-electron chi connectivity index (χ4n) is 2.90. The minimum absolute atomic E-state index is 0.0410. The third-order valence-electron chi connectivity index (χ3n) is 4.40. The fourth-order valence-corrected chi connectivity index (χ4v) is 3.33. The van der Waals surface area contributed by atoms with E-state index in [1.807, 2.05) is 13.0 Å². The van der Waals surface area contributed by atoms with Crippen LogP contribution in [0.2, 0.25) is 5.02 Å². The van der Waals surface area contributed by atoms with E-state index in [1.165, 1.54) is 6.07 Å². The Morgan fingerprint density at radius 3 is 2.48 bits per heavy atom. The number of carbonyl (C=O) groups excluding carboxylic acids is 1. The van der Waals surface area contributed by atoms with Crippen molar-refractivity contribution in [2.75, 3.05) is 0 Å². The number of ether oxygens (including phenoxy) is 1. The monoisotopic (exact) mass is 472 g/mol. The normalized spacial score (nSPS) is 11.0. The summed E-state index contributed by atoms with van der Waals surface area (Å²) in [4.78, 5) is 25.8. The number of hydrogen-bond acceptors (Lipinski definition) is 5. The second kappa shape index (κ2) is 7.89. The van der Waals surface area contributed by atoms with E-state index >= 15 is 0 Å². The summed E-state index contributed by atoms with van der Waals surface area (Å²) < 4.78 is 17.0. The first-order valence-corrected chi connectivity index (χ1v) is 9.96. The third kappa shape index (κ3) is 3.86. The van der Waals surface area contributed by atoms with Gasteiger partial charge in [-0.3, -0.25) is 4.79 Å². The van der Waals surface area contributed by atoms with E-state index in [0.29, 0.717) is 26.2 Å². The Morgan fingerprint density at radius 1 is 1.07 bits per heavy atom. The Hall–Kier alpha value is -2.83. The Morgan fingerprint density at radius 2 is 1.83 bits per heavy atom. The van der Waals surface area contributed by atoms with Crippen LogP contribution >= 0.6 is 27.5 Å². The van der Waals surface area contributed by atoms with Crippen molar-refractivity contribution in [1.29, 1.82) is 0 Å². The van der Waals surface area contributed by atoms with Crippen LogP contribution in [-0.4, -0.2) is 5.97 Å².